The van der Waals surface area contributed by atoms with Gasteiger partial charge < -0.3 is 10.2 Å². The predicted octanol–water partition coefficient (Wildman–Crippen LogP) is 4.89. The fourth-order valence-corrected chi connectivity index (χ4v) is 5.07. The zero-order valence-corrected chi connectivity index (χ0v) is 18.8. The molecule has 4 heterocycles. The molecule has 9 heteroatoms. The maximum Gasteiger partial charge on any atom is 0.417 e. The Morgan fingerprint density at radius 2 is 1.91 bits per heavy atom. The molecular weight excluding hydrogens is 443 g/mol. The topological polar surface area (TPSA) is 71.0 Å². The molecule has 1 N–H and O–H groups in total. The van der Waals surface area contributed by atoms with Crippen LogP contribution in [0.2, 0.25) is 0 Å². The van der Waals surface area contributed by atoms with Crippen LogP contribution in [0.3, 0.4) is 0 Å². The summed E-state index contributed by atoms with van der Waals surface area (Å²) in [5.74, 6) is 0.547. The number of carbonyl (C=O) groups is 1. The molecule has 0 spiro atoms. The van der Waals surface area contributed by atoms with Gasteiger partial charge in [0, 0.05) is 36.2 Å². The summed E-state index contributed by atoms with van der Waals surface area (Å²) in [6, 6.07) is 9.75. The van der Waals surface area contributed by atoms with Gasteiger partial charge in [0.05, 0.1) is 17.3 Å². The number of anilines is 1. The maximum absolute atomic E-state index is 13.7. The van der Waals surface area contributed by atoms with Crippen molar-refractivity contribution >= 4 is 11.7 Å². The number of hydrogen-bond donors (Lipinski definition) is 1. The number of hydrogen-bond acceptors (Lipinski definition) is 5. The third-order valence-corrected chi connectivity index (χ3v) is 6.67. The summed E-state index contributed by atoms with van der Waals surface area (Å²) < 4.78 is 38.5. The molecule has 2 aliphatic rings. The second-order valence-electron chi connectivity index (χ2n) is 9.06. The number of likely N-dealkylation sites (tertiary alicyclic amines) is 1. The van der Waals surface area contributed by atoms with Crippen LogP contribution < -0.4 is 5.32 Å². The number of aryl methyl sites for hydroxylation is 2. The molecule has 34 heavy (non-hydrogen) atoms. The van der Waals surface area contributed by atoms with E-state index in [-0.39, 0.29) is 18.0 Å². The lowest BCUT2D eigenvalue weighted by Crippen LogP contribution is -2.48. The summed E-state index contributed by atoms with van der Waals surface area (Å²) in [5, 5.41) is 3.25. The Morgan fingerprint density at radius 3 is 2.59 bits per heavy atom. The third kappa shape index (κ3) is 4.10. The van der Waals surface area contributed by atoms with E-state index in [1.807, 2.05) is 43.0 Å². The van der Waals surface area contributed by atoms with E-state index in [1.54, 1.807) is 6.20 Å². The molecule has 1 saturated carbocycles. The quantitative estimate of drug-likeness (QED) is 0.592. The number of alkyl halides is 3. The Labute approximate surface area is 195 Å². The highest BCUT2D eigenvalue weighted by atomic mass is 19.4. The number of carbonyl (C=O) groups excluding carboxylic acids is 1. The number of halogens is 3. The van der Waals surface area contributed by atoms with Gasteiger partial charge in [-0.25, -0.2) is 9.97 Å². The molecule has 176 valence electrons. The molecule has 3 atom stereocenters. The molecule has 5 rings (SSSR count). The van der Waals surface area contributed by atoms with Crippen LogP contribution in [0, 0.1) is 19.8 Å². The first kappa shape index (κ1) is 22.3. The number of nitrogens with zero attached hydrogens (tertiary/aromatic N) is 4. The number of fused-ring (bicyclic) bond motifs is 2. The van der Waals surface area contributed by atoms with Gasteiger partial charge in [0.25, 0.3) is 5.91 Å². The van der Waals surface area contributed by atoms with E-state index >= 15 is 0 Å². The normalized spacial score (nSPS) is 21.7. The van der Waals surface area contributed by atoms with Crippen LogP contribution in [0.5, 0.6) is 0 Å². The summed E-state index contributed by atoms with van der Waals surface area (Å²) in [4.78, 5) is 28.6. The van der Waals surface area contributed by atoms with Gasteiger partial charge in [-0.1, -0.05) is 6.07 Å². The summed E-state index contributed by atoms with van der Waals surface area (Å²) >= 11 is 0. The highest BCUT2D eigenvalue weighted by Crippen LogP contribution is 2.40. The van der Waals surface area contributed by atoms with Gasteiger partial charge in [0.1, 0.15) is 11.5 Å². The summed E-state index contributed by atoms with van der Waals surface area (Å²) in [5.41, 5.74) is 2.72. The van der Waals surface area contributed by atoms with Crippen molar-refractivity contribution in [1.29, 1.82) is 0 Å². The Hall–Kier alpha value is -3.49. The van der Waals surface area contributed by atoms with Crippen LogP contribution in [0.4, 0.5) is 19.0 Å². The SMILES string of the molecule is Cc1ccc(-c2ncccc2C)c(C(=O)N2C[C@H]3C[C@@H](Nc4ccc(C(F)(F)F)cn4)[C@@H]2C3)n1. The molecule has 1 saturated heterocycles. The standard InChI is InChI=1S/C25H24F3N5O/c1-14-4-3-9-29-22(14)18-7-5-15(2)31-23(18)24(34)33-13-16-10-19(20(33)11-16)32-21-8-6-17(12-30-21)25(26,27)28/h3-9,12,16,19-20H,10-11,13H2,1-2H3,(H,30,32)/t16-,19+,20-/m0/s1. The van der Waals surface area contributed by atoms with Crippen molar-refractivity contribution in [3.8, 4) is 11.3 Å². The summed E-state index contributed by atoms with van der Waals surface area (Å²) in [6.07, 6.45) is -0.216. The molecule has 2 fully saturated rings. The minimum Gasteiger partial charge on any atom is -0.365 e. The fraction of sp³-hybridized carbons (Fsp3) is 0.360. The Balaban J connectivity index is 1.39. The molecule has 1 aliphatic carbocycles. The lowest BCUT2D eigenvalue weighted by atomic mass is 10.0. The van der Waals surface area contributed by atoms with E-state index in [1.165, 1.54) is 6.07 Å². The smallest absolute Gasteiger partial charge is 0.365 e. The number of pyridine rings is 3. The van der Waals surface area contributed by atoms with Crippen LogP contribution in [-0.2, 0) is 6.18 Å². The second kappa shape index (κ2) is 8.38. The van der Waals surface area contributed by atoms with E-state index in [9.17, 15) is 18.0 Å². The van der Waals surface area contributed by atoms with Gasteiger partial charge in [-0.15, -0.1) is 0 Å². The Bertz CT molecular complexity index is 1230. The van der Waals surface area contributed by atoms with Crippen LogP contribution in [0.25, 0.3) is 11.3 Å². The molecule has 6 nitrogen and oxygen atoms in total. The molecule has 0 unspecified atom stereocenters. The number of piperidine rings is 1. The number of aromatic nitrogens is 3. The minimum absolute atomic E-state index is 0.0819. The molecule has 1 amide bonds. The minimum atomic E-state index is -4.42. The Morgan fingerprint density at radius 1 is 1.09 bits per heavy atom. The van der Waals surface area contributed by atoms with Crippen molar-refractivity contribution in [1.82, 2.24) is 19.9 Å². The van der Waals surface area contributed by atoms with Gasteiger partial charge in [-0.3, -0.25) is 9.78 Å². The summed E-state index contributed by atoms with van der Waals surface area (Å²) in [7, 11) is 0. The average molecular weight is 467 g/mol. The van der Waals surface area contributed by atoms with E-state index in [0.29, 0.717) is 29.5 Å². The summed E-state index contributed by atoms with van der Waals surface area (Å²) in [6.45, 7) is 4.44. The van der Waals surface area contributed by atoms with Crippen molar-refractivity contribution in [2.45, 2.75) is 44.9 Å². The Kier molecular flexibility index (Phi) is 5.50. The van der Waals surface area contributed by atoms with Crippen LogP contribution in [0.1, 0.15) is 40.2 Å². The zero-order chi connectivity index (χ0) is 24.0. The van der Waals surface area contributed by atoms with E-state index < -0.39 is 11.7 Å². The van der Waals surface area contributed by atoms with E-state index in [4.69, 9.17) is 0 Å². The molecule has 2 bridgehead atoms. The first-order valence-corrected chi connectivity index (χ1v) is 11.2. The van der Waals surface area contributed by atoms with Crippen molar-refractivity contribution in [2.75, 3.05) is 11.9 Å². The molecule has 3 aromatic rings. The largest absolute Gasteiger partial charge is 0.417 e. The molecule has 0 aromatic carbocycles. The maximum atomic E-state index is 13.7. The zero-order valence-electron chi connectivity index (χ0n) is 18.8. The molecular formula is C25H24F3N5O. The highest BCUT2D eigenvalue weighted by molar-refractivity contribution is 5.99. The van der Waals surface area contributed by atoms with Crippen LogP contribution in [0.15, 0.2) is 48.8 Å². The first-order valence-electron chi connectivity index (χ1n) is 11.2. The highest BCUT2D eigenvalue weighted by Gasteiger charge is 2.47. The number of amides is 1. The molecule has 1 aliphatic heterocycles. The van der Waals surface area contributed by atoms with Crippen molar-refractivity contribution in [2.24, 2.45) is 5.92 Å². The number of nitrogens with one attached hydrogen (secondary N) is 1. The first-order chi connectivity index (χ1) is 16.2. The van der Waals surface area contributed by atoms with Crippen molar-refractivity contribution in [3.05, 3.63) is 71.3 Å². The number of rotatable bonds is 4. The van der Waals surface area contributed by atoms with Gasteiger partial charge in [0.2, 0.25) is 0 Å². The second-order valence-corrected chi connectivity index (χ2v) is 9.06. The predicted molar refractivity (Wildman–Crippen MR) is 121 cm³/mol. The van der Waals surface area contributed by atoms with Gasteiger partial charge in [-0.05, 0) is 68.5 Å². The molecule has 0 radical (unpaired) electrons. The van der Waals surface area contributed by atoms with E-state index in [0.717, 1.165) is 42.1 Å². The van der Waals surface area contributed by atoms with E-state index in [2.05, 4.69) is 20.3 Å². The lowest BCUT2D eigenvalue weighted by Gasteiger charge is -2.34. The lowest BCUT2D eigenvalue weighted by molar-refractivity contribution is -0.137. The monoisotopic (exact) mass is 467 g/mol. The van der Waals surface area contributed by atoms with Crippen molar-refractivity contribution in [3.63, 3.8) is 0 Å². The van der Waals surface area contributed by atoms with Gasteiger partial charge >= 0.3 is 6.18 Å². The van der Waals surface area contributed by atoms with Crippen molar-refractivity contribution < 1.29 is 18.0 Å². The van der Waals surface area contributed by atoms with Gasteiger partial charge in [-0.2, -0.15) is 13.2 Å². The van der Waals surface area contributed by atoms with Crippen LogP contribution in [-0.4, -0.2) is 44.4 Å². The third-order valence-electron chi connectivity index (χ3n) is 6.67. The average Bonchev–Trinajstić information content (AvgIpc) is 3.40. The fourth-order valence-electron chi connectivity index (χ4n) is 5.07. The molecule has 3 aromatic heterocycles. The van der Waals surface area contributed by atoms with Crippen LogP contribution >= 0.6 is 0 Å². The van der Waals surface area contributed by atoms with Gasteiger partial charge in [0.15, 0.2) is 0 Å².